The van der Waals surface area contributed by atoms with Crippen molar-refractivity contribution in [1.29, 1.82) is 0 Å². The molecule has 0 heterocycles. The summed E-state index contributed by atoms with van der Waals surface area (Å²) in [6.45, 7) is 12.6. The first-order chi connectivity index (χ1) is 13.8. The van der Waals surface area contributed by atoms with Gasteiger partial charge < -0.3 is 0 Å². The molecule has 0 amide bonds. The monoisotopic (exact) mass is 396 g/mol. The van der Waals surface area contributed by atoms with Crippen molar-refractivity contribution in [2.45, 2.75) is 73.0 Å². The third-order valence-electron chi connectivity index (χ3n) is 5.35. The fourth-order valence-corrected chi connectivity index (χ4v) is 4.02. The fourth-order valence-electron chi connectivity index (χ4n) is 4.02. The molecule has 4 nitrogen and oxygen atoms in total. The smallest absolute Gasteiger partial charge is 0.273 e. The van der Waals surface area contributed by atoms with Crippen molar-refractivity contribution in [3.63, 3.8) is 0 Å². The van der Waals surface area contributed by atoms with Gasteiger partial charge in [0, 0.05) is 30.8 Å². The van der Waals surface area contributed by atoms with Gasteiger partial charge in [-0.2, -0.15) is 0 Å². The molecule has 0 bridgehead atoms. The standard InChI is InChI=1S/C25H36N2O2/c1-6-21-10-9-11-22(16-21)17-26(24(14-19(2)3)15-20(4)5)18-23-12-7-8-13-25(23)27(28)29/h7-13,16,19-20,24H,6,14-15,17-18H2,1-5H3. The van der Waals surface area contributed by atoms with Gasteiger partial charge >= 0.3 is 0 Å². The van der Waals surface area contributed by atoms with Crippen LogP contribution in [0.1, 0.15) is 64.2 Å². The van der Waals surface area contributed by atoms with E-state index >= 15 is 0 Å². The molecule has 2 rings (SSSR count). The lowest BCUT2D eigenvalue weighted by atomic mass is 9.93. The number of nitro benzene ring substituents is 1. The number of nitrogens with zero attached hydrogens (tertiary/aromatic N) is 2. The summed E-state index contributed by atoms with van der Waals surface area (Å²) < 4.78 is 0. The maximum Gasteiger partial charge on any atom is 0.273 e. The molecule has 4 heteroatoms. The van der Waals surface area contributed by atoms with Gasteiger partial charge in [0.2, 0.25) is 0 Å². The maximum absolute atomic E-state index is 11.6. The van der Waals surface area contributed by atoms with Gasteiger partial charge in [-0.25, -0.2) is 0 Å². The molecule has 0 N–H and O–H groups in total. The summed E-state index contributed by atoms with van der Waals surface area (Å²) in [4.78, 5) is 13.8. The van der Waals surface area contributed by atoms with Crippen molar-refractivity contribution in [3.8, 4) is 0 Å². The summed E-state index contributed by atoms with van der Waals surface area (Å²) in [6.07, 6.45) is 3.19. The Morgan fingerprint density at radius 2 is 1.52 bits per heavy atom. The average Bonchev–Trinajstić information content (AvgIpc) is 2.66. The maximum atomic E-state index is 11.6. The molecule has 0 spiro atoms. The van der Waals surface area contributed by atoms with Crippen LogP contribution in [-0.2, 0) is 19.5 Å². The van der Waals surface area contributed by atoms with Crippen LogP contribution in [0.5, 0.6) is 0 Å². The number of benzene rings is 2. The van der Waals surface area contributed by atoms with Crippen LogP contribution in [0, 0.1) is 22.0 Å². The predicted octanol–water partition coefficient (Wildman–Crippen LogP) is 6.62. The van der Waals surface area contributed by atoms with Crippen LogP contribution in [0.4, 0.5) is 5.69 Å². The number of nitro groups is 1. The second-order valence-corrected chi connectivity index (χ2v) is 8.88. The summed E-state index contributed by atoms with van der Waals surface area (Å²) >= 11 is 0. The summed E-state index contributed by atoms with van der Waals surface area (Å²) in [5, 5.41) is 11.6. The molecule has 0 saturated carbocycles. The molecule has 0 aliphatic carbocycles. The van der Waals surface area contributed by atoms with Gasteiger partial charge in [-0.05, 0) is 42.2 Å². The Kier molecular flexibility index (Phi) is 8.84. The molecular weight excluding hydrogens is 360 g/mol. The molecule has 2 aromatic carbocycles. The van der Waals surface area contributed by atoms with Crippen molar-refractivity contribution in [2.24, 2.45) is 11.8 Å². The van der Waals surface area contributed by atoms with Crippen LogP contribution < -0.4 is 0 Å². The van der Waals surface area contributed by atoms with E-state index in [1.165, 1.54) is 11.1 Å². The molecule has 0 atom stereocenters. The minimum atomic E-state index is -0.259. The number of hydrogen-bond donors (Lipinski definition) is 0. The van der Waals surface area contributed by atoms with Crippen LogP contribution in [0.25, 0.3) is 0 Å². The Morgan fingerprint density at radius 3 is 2.10 bits per heavy atom. The van der Waals surface area contributed by atoms with Gasteiger partial charge in [-0.3, -0.25) is 15.0 Å². The van der Waals surface area contributed by atoms with Gasteiger partial charge in [0.15, 0.2) is 0 Å². The van der Waals surface area contributed by atoms with Gasteiger partial charge in [0.05, 0.1) is 4.92 Å². The quantitative estimate of drug-likeness (QED) is 0.317. The topological polar surface area (TPSA) is 46.4 Å². The fraction of sp³-hybridized carbons (Fsp3) is 0.520. The van der Waals surface area contributed by atoms with Gasteiger partial charge in [-0.1, -0.05) is 77.1 Å². The Morgan fingerprint density at radius 1 is 0.897 bits per heavy atom. The lowest BCUT2D eigenvalue weighted by molar-refractivity contribution is -0.385. The largest absolute Gasteiger partial charge is 0.292 e. The zero-order valence-electron chi connectivity index (χ0n) is 18.6. The minimum absolute atomic E-state index is 0.215. The van der Waals surface area contributed by atoms with E-state index in [9.17, 15) is 10.1 Å². The molecule has 29 heavy (non-hydrogen) atoms. The number of para-hydroxylation sites is 1. The van der Waals surface area contributed by atoms with Crippen LogP contribution in [0.3, 0.4) is 0 Å². The van der Waals surface area contributed by atoms with E-state index in [0.29, 0.717) is 24.4 Å². The molecule has 0 saturated heterocycles. The van der Waals surface area contributed by atoms with Crippen molar-refractivity contribution >= 4 is 5.69 Å². The first-order valence-corrected chi connectivity index (χ1v) is 10.8. The van der Waals surface area contributed by atoms with Crippen LogP contribution in [0.15, 0.2) is 48.5 Å². The number of rotatable bonds is 11. The highest BCUT2D eigenvalue weighted by molar-refractivity contribution is 5.39. The SMILES string of the molecule is CCc1cccc(CN(Cc2ccccc2[N+](=O)[O-])C(CC(C)C)CC(C)C)c1. The van der Waals surface area contributed by atoms with Crippen LogP contribution >= 0.6 is 0 Å². The van der Waals surface area contributed by atoms with E-state index in [0.717, 1.165) is 31.4 Å². The number of hydrogen-bond acceptors (Lipinski definition) is 3. The normalized spacial score (nSPS) is 11.8. The van der Waals surface area contributed by atoms with Gasteiger partial charge in [-0.15, -0.1) is 0 Å². The highest BCUT2D eigenvalue weighted by Gasteiger charge is 2.24. The van der Waals surface area contributed by atoms with E-state index in [1.54, 1.807) is 12.1 Å². The van der Waals surface area contributed by atoms with Crippen molar-refractivity contribution in [3.05, 3.63) is 75.3 Å². The lowest BCUT2D eigenvalue weighted by Crippen LogP contribution is -2.36. The van der Waals surface area contributed by atoms with E-state index in [2.05, 4.69) is 63.8 Å². The summed E-state index contributed by atoms with van der Waals surface area (Å²) in [6, 6.07) is 16.3. The van der Waals surface area contributed by atoms with Gasteiger partial charge in [0.1, 0.15) is 0 Å². The molecular formula is C25H36N2O2. The molecule has 0 aromatic heterocycles. The molecule has 0 aliphatic rings. The zero-order chi connectivity index (χ0) is 21.4. The Labute approximate surface area is 176 Å². The van der Waals surface area contributed by atoms with Crippen molar-refractivity contribution in [1.82, 2.24) is 4.90 Å². The van der Waals surface area contributed by atoms with E-state index in [4.69, 9.17) is 0 Å². The van der Waals surface area contributed by atoms with Crippen LogP contribution in [-0.4, -0.2) is 15.9 Å². The van der Waals surface area contributed by atoms with E-state index in [1.807, 2.05) is 12.1 Å². The molecule has 0 aliphatic heterocycles. The second-order valence-electron chi connectivity index (χ2n) is 8.88. The van der Waals surface area contributed by atoms with Crippen molar-refractivity contribution in [2.75, 3.05) is 0 Å². The minimum Gasteiger partial charge on any atom is -0.292 e. The Balaban J connectivity index is 2.38. The van der Waals surface area contributed by atoms with Gasteiger partial charge in [0.25, 0.3) is 5.69 Å². The molecule has 0 fully saturated rings. The van der Waals surface area contributed by atoms with E-state index in [-0.39, 0.29) is 10.6 Å². The average molecular weight is 397 g/mol. The first-order valence-electron chi connectivity index (χ1n) is 10.8. The summed E-state index contributed by atoms with van der Waals surface area (Å²) in [5.41, 5.74) is 3.62. The number of aryl methyl sites for hydroxylation is 1. The molecule has 0 unspecified atom stereocenters. The molecule has 158 valence electrons. The lowest BCUT2D eigenvalue weighted by Gasteiger charge is -2.34. The Hall–Kier alpha value is -2.20. The summed E-state index contributed by atoms with van der Waals surface area (Å²) in [5.74, 6) is 1.16. The highest BCUT2D eigenvalue weighted by atomic mass is 16.6. The first kappa shape index (κ1) is 23.1. The third-order valence-corrected chi connectivity index (χ3v) is 5.35. The van der Waals surface area contributed by atoms with Crippen LogP contribution in [0.2, 0.25) is 0 Å². The predicted molar refractivity (Wildman–Crippen MR) is 121 cm³/mol. The van der Waals surface area contributed by atoms with E-state index < -0.39 is 0 Å². The molecule has 2 aromatic rings. The second kappa shape index (κ2) is 11.1. The Bertz CT molecular complexity index is 776. The highest BCUT2D eigenvalue weighted by Crippen LogP contribution is 2.27. The summed E-state index contributed by atoms with van der Waals surface area (Å²) in [7, 11) is 0. The van der Waals surface area contributed by atoms with Crippen molar-refractivity contribution < 1.29 is 4.92 Å². The third kappa shape index (κ3) is 7.28. The zero-order valence-corrected chi connectivity index (χ0v) is 18.6. The molecule has 0 radical (unpaired) electrons.